The van der Waals surface area contributed by atoms with Crippen LogP contribution in [-0.4, -0.2) is 4.98 Å². The van der Waals surface area contributed by atoms with Crippen molar-refractivity contribution in [3.8, 4) is 11.5 Å². The number of fused-ring (bicyclic) bond motifs is 1. The summed E-state index contributed by atoms with van der Waals surface area (Å²) in [5, 5.41) is 0.902. The van der Waals surface area contributed by atoms with Crippen molar-refractivity contribution >= 4 is 17.0 Å². The monoisotopic (exact) mass is 343 g/mol. The van der Waals surface area contributed by atoms with Crippen LogP contribution >= 0.6 is 0 Å². The van der Waals surface area contributed by atoms with Crippen LogP contribution in [0.3, 0.4) is 0 Å². The van der Waals surface area contributed by atoms with E-state index in [-0.39, 0.29) is 0 Å². The number of hydrogen-bond donors (Lipinski definition) is 0. The zero-order valence-electron chi connectivity index (χ0n) is 13.6. The van der Waals surface area contributed by atoms with E-state index in [1.165, 1.54) is 12.1 Å². The van der Waals surface area contributed by atoms with E-state index in [1.54, 1.807) is 12.3 Å². The molecule has 1 heterocycles. The molecule has 128 valence electrons. The molecule has 0 radical (unpaired) electrons. The van der Waals surface area contributed by atoms with Gasteiger partial charge < -0.3 is 4.74 Å². The van der Waals surface area contributed by atoms with E-state index >= 15 is 0 Å². The molecule has 5 heteroatoms. The molecule has 0 bridgehead atoms. The Labute approximate surface area is 143 Å². The lowest BCUT2D eigenvalue weighted by Gasteiger charge is -2.14. The number of nitrogens with zero attached hydrogens (tertiary/aromatic N) is 1. The number of ether oxygens (including phenoxy) is 1. The third-order valence-corrected chi connectivity index (χ3v) is 3.98. The van der Waals surface area contributed by atoms with Gasteiger partial charge in [-0.1, -0.05) is 25.6 Å². The van der Waals surface area contributed by atoms with Crippen LogP contribution in [-0.2, 0) is 12.6 Å². The van der Waals surface area contributed by atoms with Crippen LogP contribution in [0.25, 0.3) is 17.0 Å². The van der Waals surface area contributed by atoms with Gasteiger partial charge in [-0.3, -0.25) is 4.98 Å². The maximum atomic E-state index is 12.7. The number of benzene rings is 2. The van der Waals surface area contributed by atoms with E-state index < -0.39 is 11.7 Å². The molecule has 0 spiro atoms. The molecular weight excluding hydrogens is 327 g/mol. The summed E-state index contributed by atoms with van der Waals surface area (Å²) >= 11 is 0. The Morgan fingerprint density at radius 3 is 2.48 bits per heavy atom. The van der Waals surface area contributed by atoms with Gasteiger partial charge in [-0.05, 0) is 53.9 Å². The lowest BCUT2D eigenvalue weighted by molar-refractivity contribution is -0.137. The molecule has 0 aliphatic rings. The van der Waals surface area contributed by atoms with E-state index in [4.69, 9.17) is 4.74 Å². The van der Waals surface area contributed by atoms with E-state index in [1.807, 2.05) is 25.1 Å². The number of rotatable bonds is 4. The van der Waals surface area contributed by atoms with Gasteiger partial charge in [0, 0.05) is 11.6 Å². The predicted octanol–water partition coefficient (Wildman–Crippen LogP) is 6.25. The van der Waals surface area contributed by atoms with Crippen LogP contribution in [0, 0.1) is 0 Å². The number of alkyl halides is 3. The fourth-order valence-corrected chi connectivity index (χ4v) is 2.75. The summed E-state index contributed by atoms with van der Waals surface area (Å²) in [6, 6.07) is 10.3. The van der Waals surface area contributed by atoms with Gasteiger partial charge in [0.25, 0.3) is 0 Å². The van der Waals surface area contributed by atoms with Crippen molar-refractivity contribution in [1.82, 2.24) is 4.98 Å². The van der Waals surface area contributed by atoms with Gasteiger partial charge in [0.2, 0.25) is 0 Å². The third-order valence-electron chi connectivity index (χ3n) is 3.98. The number of aryl methyl sites for hydroxylation is 1. The Bertz CT molecular complexity index is 915. The van der Waals surface area contributed by atoms with Crippen molar-refractivity contribution in [2.75, 3.05) is 0 Å². The molecule has 3 aromatic rings. The molecule has 25 heavy (non-hydrogen) atoms. The van der Waals surface area contributed by atoms with Gasteiger partial charge in [-0.15, -0.1) is 0 Å². The molecule has 0 amide bonds. The fraction of sp³-hybridized carbons (Fsp3) is 0.150. The number of aromatic nitrogens is 1. The normalized spacial score (nSPS) is 11.5. The second-order valence-electron chi connectivity index (χ2n) is 5.53. The molecule has 0 aliphatic heterocycles. The maximum absolute atomic E-state index is 12.7. The Morgan fingerprint density at radius 1 is 1.16 bits per heavy atom. The summed E-state index contributed by atoms with van der Waals surface area (Å²) in [7, 11) is 0. The van der Waals surface area contributed by atoms with Gasteiger partial charge >= 0.3 is 6.18 Å². The van der Waals surface area contributed by atoms with Crippen molar-refractivity contribution in [2.24, 2.45) is 0 Å². The molecule has 3 rings (SSSR count). The Morgan fingerprint density at radius 2 is 1.88 bits per heavy atom. The van der Waals surface area contributed by atoms with Gasteiger partial charge in [0.1, 0.15) is 11.3 Å². The number of halogens is 3. The molecule has 0 N–H and O–H groups in total. The molecule has 0 fully saturated rings. The van der Waals surface area contributed by atoms with Crippen molar-refractivity contribution in [1.29, 1.82) is 0 Å². The summed E-state index contributed by atoms with van der Waals surface area (Å²) in [5.41, 5.74) is 1.97. The summed E-state index contributed by atoms with van der Waals surface area (Å²) in [5.74, 6) is 0.839. The average Bonchev–Trinajstić information content (AvgIpc) is 2.61. The SMILES string of the molecule is C=Cc1c(CC)cc(Oc2ccc(C(F)(F)F)cc2)c2ncccc12. The molecule has 2 nitrogen and oxygen atoms in total. The van der Waals surface area contributed by atoms with Gasteiger partial charge in [0.05, 0.1) is 5.56 Å². The minimum Gasteiger partial charge on any atom is -0.455 e. The smallest absolute Gasteiger partial charge is 0.416 e. The first-order valence-corrected chi connectivity index (χ1v) is 7.82. The average molecular weight is 343 g/mol. The minimum absolute atomic E-state index is 0.327. The Balaban J connectivity index is 2.06. The van der Waals surface area contributed by atoms with E-state index in [2.05, 4.69) is 11.6 Å². The number of pyridine rings is 1. The minimum atomic E-state index is -4.37. The first-order chi connectivity index (χ1) is 11.9. The summed E-state index contributed by atoms with van der Waals surface area (Å²) in [4.78, 5) is 4.37. The Hall–Kier alpha value is -2.82. The second kappa shape index (κ2) is 6.59. The molecule has 0 saturated heterocycles. The maximum Gasteiger partial charge on any atom is 0.416 e. The molecule has 1 aromatic heterocycles. The molecular formula is C20H16F3NO. The standard InChI is InChI=1S/C20H16F3NO/c1-3-13-12-18(19-17(16(13)4-2)6-5-11-24-19)25-15-9-7-14(8-10-15)20(21,22)23/h4-12H,2-3H2,1H3. The van der Waals surface area contributed by atoms with Crippen LogP contribution in [0.4, 0.5) is 13.2 Å². The summed E-state index contributed by atoms with van der Waals surface area (Å²) in [6.45, 7) is 5.88. The molecule has 0 aliphatic carbocycles. The summed E-state index contributed by atoms with van der Waals surface area (Å²) < 4.78 is 43.9. The van der Waals surface area contributed by atoms with Gasteiger partial charge in [-0.25, -0.2) is 0 Å². The highest BCUT2D eigenvalue weighted by molar-refractivity contribution is 5.93. The van der Waals surface area contributed by atoms with Gasteiger partial charge in [0.15, 0.2) is 5.75 Å². The van der Waals surface area contributed by atoms with Crippen molar-refractivity contribution in [3.05, 3.63) is 71.9 Å². The molecule has 0 atom stereocenters. The zero-order valence-corrected chi connectivity index (χ0v) is 13.6. The fourth-order valence-electron chi connectivity index (χ4n) is 2.75. The van der Waals surface area contributed by atoms with E-state index in [9.17, 15) is 13.2 Å². The number of hydrogen-bond acceptors (Lipinski definition) is 2. The highest BCUT2D eigenvalue weighted by Crippen LogP contribution is 2.35. The van der Waals surface area contributed by atoms with Crippen LogP contribution in [0.1, 0.15) is 23.6 Å². The van der Waals surface area contributed by atoms with Crippen LogP contribution in [0.5, 0.6) is 11.5 Å². The highest BCUT2D eigenvalue weighted by Gasteiger charge is 2.30. The quantitative estimate of drug-likeness (QED) is 0.558. The van der Waals surface area contributed by atoms with Gasteiger partial charge in [-0.2, -0.15) is 13.2 Å². The zero-order chi connectivity index (χ0) is 18.0. The second-order valence-corrected chi connectivity index (χ2v) is 5.53. The first kappa shape index (κ1) is 17.0. The Kier molecular flexibility index (Phi) is 4.49. The van der Waals surface area contributed by atoms with Crippen molar-refractivity contribution in [3.63, 3.8) is 0 Å². The molecule has 2 aromatic carbocycles. The van der Waals surface area contributed by atoms with E-state index in [0.717, 1.165) is 35.1 Å². The molecule has 0 unspecified atom stereocenters. The predicted molar refractivity (Wildman–Crippen MR) is 92.7 cm³/mol. The van der Waals surface area contributed by atoms with Crippen molar-refractivity contribution < 1.29 is 17.9 Å². The topological polar surface area (TPSA) is 22.1 Å². The largest absolute Gasteiger partial charge is 0.455 e. The van der Waals surface area contributed by atoms with Crippen LogP contribution in [0.15, 0.2) is 55.2 Å². The third kappa shape index (κ3) is 3.36. The van der Waals surface area contributed by atoms with Crippen LogP contribution < -0.4 is 4.74 Å². The lowest BCUT2D eigenvalue weighted by Crippen LogP contribution is -2.04. The van der Waals surface area contributed by atoms with E-state index in [0.29, 0.717) is 17.0 Å². The first-order valence-electron chi connectivity index (χ1n) is 7.82. The van der Waals surface area contributed by atoms with Crippen LogP contribution in [0.2, 0.25) is 0 Å². The highest BCUT2D eigenvalue weighted by atomic mass is 19.4. The summed E-state index contributed by atoms with van der Waals surface area (Å²) in [6.07, 6.45) is -0.158. The molecule has 0 saturated carbocycles. The van der Waals surface area contributed by atoms with Crippen molar-refractivity contribution in [2.45, 2.75) is 19.5 Å². The lowest BCUT2D eigenvalue weighted by atomic mass is 9.99.